The Hall–Kier alpha value is 1.62. The van der Waals surface area contributed by atoms with Gasteiger partial charge in [0.15, 0.2) is 0 Å². The lowest BCUT2D eigenvalue weighted by Crippen LogP contribution is -2.37. The Morgan fingerprint density at radius 3 is 1.32 bits per heavy atom. The van der Waals surface area contributed by atoms with Gasteiger partial charge >= 0.3 is 0 Å². The lowest BCUT2D eigenvalue weighted by atomic mass is 10.9. The molecule has 0 radical (unpaired) electrons. The number of thioether (sulfide) groups is 4. The summed E-state index contributed by atoms with van der Waals surface area (Å²) in [6.45, 7) is 4.59. The summed E-state index contributed by atoms with van der Waals surface area (Å²) in [7, 11) is -0.995. The van der Waals surface area contributed by atoms with Gasteiger partial charge in [-0.05, 0) is 71.2 Å². The smallest absolute Gasteiger partial charge is 0.0568 e. The van der Waals surface area contributed by atoms with E-state index in [9.17, 15) is 0 Å². The van der Waals surface area contributed by atoms with Gasteiger partial charge in [0, 0.05) is 0 Å². The summed E-state index contributed by atoms with van der Waals surface area (Å²) in [5, 5.41) is 0. The molecule has 0 atom stereocenters. The van der Waals surface area contributed by atoms with Crippen LogP contribution in [0.5, 0.6) is 0 Å². The maximum atomic E-state index is 2.30. The van der Waals surface area contributed by atoms with E-state index in [-0.39, 0.29) is 0 Å². The van der Waals surface area contributed by atoms with Crippen molar-refractivity contribution in [3.8, 4) is 0 Å². The van der Waals surface area contributed by atoms with Gasteiger partial charge in [0.05, 0.1) is 8.07 Å². The first-order valence-electron chi connectivity index (χ1n) is 7.38. The zero-order chi connectivity index (χ0) is 14.4. The van der Waals surface area contributed by atoms with Crippen LogP contribution in [0.1, 0.15) is 13.8 Å². The minimum Gasteiger partial charge on any atom is -0.166 e. The summed E-state index contributed by atoms with van der Waals surface area (Å²) in [6, 6.07) is 6.25. The molecule has 0 aromatic rings. The van der Waals surface area contributed by atoms with E-state index in [1.165, 1.54) is 34.5 Å². The van der Waals surface area contributed by atoms with Crippen LogP contribution in [0.4, 0.5) is 0 Å². The molecular weight excluding hydrogens is 325 g/mol. The highest BCUT2D eigenvalue weighted by molar-refractivity contribution is 7.99. The summed E-state index contributed by atoms with van der Waals surface area (Å²) in [4.78, 5) is 0. The summed E-state index contributed by atoms with van der Waals surface area (Å²) in [5.41, 5.74) is 0. The normalized spacial score (nSPS) is 12.0. The quantitative estimate of drug-likeness (QED) is 0.290. The summed E-state index contributed by atoms with van der Waals surface area (Å²) >= 11 is 8.42. The highest BCUT2D eigenvalue weighted by Crippen LogP contribution is 2.31. The Morgan fingerprint density at radius 1 is 0.632 bits per heavy atom. The van der Waals surface area contributed by atoms with E-state index in [1.807, 2.05) is 0 Å². The van der Waals surface area contributed by atoms with Crippen LogP contribution in [-0.2, 0) is 0 Å². The lowest BCUT2D eigenvalue weighted by molar-refractivity contribution is 1.13. The van der Waals surface area contributed by atoms with Crippen molar-refractivity contribution in [3.05, 3.63) is 0 Å². The molecule has 5 heteroatoms. The zero-order valence-electron chi connectivity index (χ0n) is 13.2. The molecule has 116 valence electrons. The standard InChI is InChI=1S/C14H32S4Si/c1-5-17-9-13-19(11-7-15-3,12-8-16-4)14-10-18-6-2/h5-14H2,1-4H3. The van der Waals surface area contributed by atoms with E-state index in [0.29, 0.717) is 0 Å². The van der Waals surface area contributed by atoms with E-state index >= 15 is 0 Å². The van der Waals surface area contributed by atoms with E-state index in [4.69, 9.17) is 0 Å². The molecule has 0 aromatic carbocycles. The fourth-order valence-corrected chi connectivity index (χ4v) is 14.0. The van der Waals surface area contributed by atoms with Gasteiger partial charge in [0.1, 0.15) is 0 Å². The lowest BCUT2D eigenvalue weighted by Gasteiger charge is -2.32. The first-order valence-corrected chi connectivity index (χ1v) is 15.3. The Labute approximate surface area is 139 Å². The SMILES string of the molecule is CCSCC[Si](CCSC)(CCSC)CCSCC. The van der Waals surface area contributed by atoms with Gasteiger partial charge in [0.25, 0.3) is 0 Å². The topological polar surface area (TPSA) is 0 Å². The van der Waals surface area contributed by atoms with Crippen LogP contribution >= 0.6 is 47.0 Å². The zero-order valence-corrected chi connectivity index (χ0v) is 17.5. The molecule has 0 saturated carbocycles. The van der Waals surface area contributed by atoms with Crippen molar-refractivity contribution in [2.75, 3.05) is 47.0 Å². The molecule has 0 aliphatic heterocycles. The maximum Gasteiger partial charge on any atom is 0.0568 e. The number of rotatable bonds is 14. The average Bonchev–Trinajstić information content (AvgIpc) is 2.43. The molecule has 0 aromatic heterocycles. The molecule has 0 amide bonds. The van der Waals surface area contributed by atoms with Crippen LogP contribution in [0.3, 0.4) is 0 Å². The van der Waals surface area contributed by atoms with Crippen molar-refractivity contribution in [1.82, 2.24) is 0 Å². The summed E-state index contributed by atoms with van der Waals surface area (Å²) in [5.74, 6) is 8.21. The summed E-state index contributed by atoms with van der Waals surface area (Å²) < 4.78 is 0. The highest BCUT2D eigenvalue weighted by Gasteiger charge is 2.30. The van der Waals surface area contributed by atoms with Crippen molar-refractivity contribution in [2.24, 2.45) is 0 Å². The van der Waals surface area contributed by atoms with Crippen molar-refractivity contribution in [2.45, 2.75) is 38.0 Å². The Morgan fingerprint density at radius 2 is 1.00 bits per heavy atom. The van der Waals surface area contributed by atoms with Crippen molar-refractivity contribution < 1.29 is 0 Å². The largest absolute Gasteiger partial charge is 0.166 e. The second-order valence-corrected chi connectivity index (χ2v) is 14.6. The third-order valence-corrected chi connectivity index (χ3v) is 13.4. The molecule has 0 bridgehead atoms. The minimum atomic E-state index is -0.995. The van der Waals surface area contributed by atoms with Crippen molar-refractivity contribution in [3.63, 3.8) is 0 Å². The van der Waals surface area contributed by atoms with Gasteiger partial charge in [-0.3, -0.25) is 0 Å². The monoisotopic (exact) mass is 356 g/mol. The second kappa shape index (κ2) is 14.5. The Balaban J connectivity index is 4.44. The maximum absolute atomic E-state index is 2.30. The Kier molecular flexibility index (Phi) is 15.8. The van der Waals surface area contributed by atoms with Gasteiger partial charge in [-0.15, -0.1) is 0 Å². The van der Waals surface area contributed by atoms with Gasteiger partial charge in [-0.1, -0.05) is 13.8 Å². The number of hydrogen-bond acceptors (Lipinski definition) is 4. The Bertz CT molecular complexity index is 170. The van der Waals surface area contributed by atoms with Crippen molar-refractivity contribution in [1.29, 1.82) is 0 Å². The fraction of sp³-hybridized carbons (Fsp3) is 1.00. The molecular formula is C14H32S4Si. The molecule has 19 heavy (non-hydrogen) atoms. The van der Waals surface area contributed by atoms with Gasteiger partial charge in [-0.2, -0.15) is 47.0 Å². The molecule has 0 unspecified atom stereocenters. The van der Waals surface area contributed by atoms with E-state index < -0.39 is 8.07 Å². The van der Waals surface area contributed by atoms with Crippen LogP contribution in [0.2, 0.25) is 24.2 Å². The average molecular weight is 357 g/mol. The second-order valence-electron chi connectivity index (χ2n) is 4.88. The molecule has 0 nitrogen and oxygen atoms in total. The van der Waals surface area contributed by atoms with Gasteiger partial charge < -0.3 is 0 Å². The molecule has 0 N–H and O–H groups in total. The van der Waals surface area contributed by atoms with Gasteiger partial charge in [-0.25, -0.2) is 0 Å². The van der Waals surface area contributed by atoms with Crippen LogP contribution in [-0.4, -0.2) is 55.1 Å². The van der Waals surface area contributed by atoms with E-state index in [2.05, 4.69) is 73.4 Å². The van der Waals surface area contributed by atoms with Gasteiger partial charge in [0.2, 0.25) is 0 Å². The molecule has 0 aliphatic rings. The predicted octanol–water partition coefficient (Wildman–Crippen LogP) is 5.67. The molecule has 0 rings (SSSR count). The molecule has 0 saturated heterocycles. The fourth-order valence-electron chi connectivity index (χ4n) is 2.25. The first-order chi connectivity index (χ1) is 9.24. The van der Waals surface area contributed by atoms with Crippen molar-refractivity contribution >= 4 is 55.1 Å². The molecule has 0 aliphatic carbocycles. The predicted molar refractivity (Wildman–Crippen MR) is 108 cm³/mol. The summed E-state index contributed by atoms with van der Waals surface area (Å²) in [6.07, 6.45) is 4.55. The van der Waals surface area contributed by atoms with Crippen LogP contribution in [0.15, 0.2) is 0 Å². The highest BCUT2D eigenvalue weighted by atomic mass is 32.2. The van der Waals surface area contributed by atoms with E-state index in [1.54, 1.807) is 24.2 Å². The minimum absolute atomic E-state index is 0.995. The first kappa shape index (κ1) is 20.6. The molecule has 0 heterocycles. The van der Waals surface area contributed by atoms with E-state index in [0.717, 1.165) is 0 Å². The molecule has 0 spiro atoms. The van der Waals surface area contributed by atoms with Crippen LogP contribution in [0.25, 0.3) is 0 Å². The number of hydrogen-bond donors (Lipinski definition) is 0. The van der Waals surface area contributed by atoms with Crippen LogP contribution < -0.4 is 0 Å². The third-order valence-electron chi connectivity index (χ3n) is 3.63. The molecule has 0 fully saturated rings. The third kappa shape index (κ3) is 10.9. The van der Waals surface area contributed by atoms with Crippen LogP contribution in [0, 0.1) is 0 Å².